The van der Waals surface area contributed by atoms with Crippen molar-refractivity contribution in [3.63, 3.8) is 0 Å². The van der Waals surface area contributed by atoms with E-state index in [1.165, 1.54) is 12.8 Å². The molecule has 1 aliphatic rings. The number of carbonyl (C=O) groups is 1. The Bertz CT molecular complexity index is 541. The van der Waals surface area contributed by atoms with Crippen molar-refractivity contribution in [2.75, 3.05) is 18.0 Å². The van der Waals surface area contributed by atoms with Crippen LogP contribution in [0.1, 0.15) is 18.5 Å². The predicted octanol–water partition coefficient (Wildman–Crippen LogP) is 1.68. The molecule has 0 saturated carbocycles. The average molecular weight is 229 g/mol. The van der Waals surface area contributed by atoms with Crippen molar-refractivity contribution in [3.05, 3.63) is 30.1 Å². The Morgan fingerprint density at radius 2 is 2.12 bits per heavy atom. The lowest BCUT2D eigenvalue weighted by Crippen LogP contribution is -2.21. The van der Waals surface area contributed by atoms with Gasteiger partial charge in [-0.15, -0.1) is 0 Å². The summed E-state index contributed by atoms with van der Waals surface area (Å²) in [5, 5.41) is 0. The molecule has 2 aromatic heterocycles. The molecule has 0 unspecified atom stereocenters. The fraction of sp³-hybridized carbons (Fsp3) is 0.385. The van der Waals surface area contributed by atoms with Gasteiger partial charge < -0.3 is 9.69 Å². The van der Waals surface area contributed by atoms with Gasteiger partial charge in [-0.3, -0.25) is 4.40 Å². The maximum Gasteiger partial charge on any atom is 0.138 e. The standard InChI is InChI=1S/C13H15N3O/c17-9-6-11-10-14-12-4-3-5-13(16(11)12)15-7-1-2-8-15/h3-5,9-10H,1-2,6-8H2. The SMILES string of the molecule is O=CCc1cnc2cccc(N3CCCC3)n12. The van der Waals surface area contributed by atoms with Crippen LogP contribution in [0.4, 0.5) is 5.82 Å². The maximum atomic E-state index is 10.7. The monoisotopic (exact) mass is 229 g/mol. The van der Waals surface area contributed by atoms with Gasteiger partial charge in [0.1, 0.15) is 17.8 Å². The van der Waals surface area contributed by atoms with Gasteiger partial charge in [-0.2, -0.15) is 0 Å². The fourth-order valence-corrected chi connectivity index (χ4v) is 2.50. The first-order valence-electron chi connectivity index (χ1n) is 6.04. The lowest BCUT2D eigenvalue weighted by molar-refractivity contribution is -0.107. The number of aldehydes is 1. The summed E-state index contributed by atoms with van der Waals surface area (Å²) in [6.07, 6.45) is 5.64. The molecule has 0 N–H and O–H groups in total. The third-order valence-electron chi connectivity index (χ3n) is 3.30. The minimum Gasteiger partial charge on any atom is -0.358 e. The molecule has 0 aromatic carbocycles. The highest BCUT2D eigenvalue weighted by molar-refractivity contribution is 5.59. The lowest BCUT2D eigenvalue weighted by atomic mass is 10.3. The Labute approximate surface area is 99.9 Å². The van der Waals surface area contributed by atoms with Crippen LogP contribution in [0.25, 0.3) is 5.65 Å². The molecule has 1 fully saturated rings. The minimum absolute atomic E-state index is 0.423. The Morgan fingerprint density at radius 1 is 1.29 bits per heavy atom. The molecular formula is C13H15N3O. The maximum absolute atomic E-state index is 10.7. The van der Waals surface area contributed by atoms with Crippen molar-refractivity contribution in [1.82, 2.24) is 9.38 Å². The van der Waals surface area contributed by atoms with E-state index in [4.69, 9.17) is 0 Å². The van der Waals surface area contributed by atoms with Crippen LogP contribution in [0.5, 0.6) is 0 Å². The smallest absolute Gasteiger partial charge is 0.138 e. The van der Waals surface area contributed by atoms with Gasteiger partial charge >= 0.3 is 0 Å². The molecule has 0 radical (unpaired) electrons. The Kier molecular flexibility index (Phi) is 2.55. The number of rotatable bonds is 3. The molecule has 17 heavy (non-hydrogen) atoms. The Morgan fingerprint density at radius 3 is 2.88 bits per heavy atom. The molecule has 88 valence electrons. The fourth-order valence-electron chi connectivity index (χ4n) is 2.50. The first-order valence-corrected chi connectivity index (χ1v) is 6.04. The van der Waals surface area contributed by atoms with Gasteiger partial charge in [0.05, 0.1) is 5.69 Å². The molecule has 0 bridgehead atoms. The predicted molar refractivity (Wildman–Crippen MR) is 66.4 cm³/mol. The molecule has 4 heteroatoms. The van der Waals surface area contributed by atoms with Gasteiger partial charge in [0.2, 0.25) is 0 Å². The zero-order valence-electron chi connectivity index (χ0n) is 9.67. The second-order valence-electron chi connectivity index (χ2n) is 4.39. The van der Waals surface area contributed by atoms with Crippen LogP contribution in [0.2, 0.25) is 0 Å². The van der Waals surface area contributed by atoms with E-state index in [1.807, 2.05) is 12.1 Å². The number of hydrogen-bond acceptors (Lipinski definition) is 3. The number of fused-ring (bicyclic) bond motifs is 1. The molecule has 4 nitrogen and oxygen atoms in total. The van der Waals surface area contributed by atoms with E-state index in [-0.39, 0.29) is 0 Å². The van der Waals surface area contributed by atoms with Gasteiger partial charge in [-0.05, 0) is 25.0 Å². The summed E-state index contributed by atoms with van der Waals surface area (Å²) in [5.74, 6) is 1.16. The Hall–Kier alpha value is -1.84. The average Bonchev–Trinajstić information content (AvgIpc) is 2.98. The molecule has 0 aliphatic carbocycles. The summed E-state index contributed by atoms with van der Waals surface area (Å²) in [6.45, 7) is 2.19. The van der Waals surface area contributed by atoms with Crippen LogP contribution < -0.4 is 4.90 Å². The van der Waals surface area contributed by atoms with Gasteiger partial charge in [0, 0.05) is 25.7 Å². The van der Waals surface area contributed by atoms with E-state index in [0.29, 0.717) is 6.42 Å². The zero-order chi connectivity index (χ0) is 11.7. The molecule has 0 amide bonds. The minimum atomic E-state index is 0.423. The van der Waals surface area contributed by atoms with Crippen LogP contribution >= 0.6 is 0 Å². The number of anilines is 1. The molecule has 0 atom stereocenters. The van der Waals surface area contributed by atoms with Crippen LogP contribution in [-0.2, 0) is 11.2 Å². The van der Waals surface area contributed by atoms with E-state index in [2.05, 4.69) is 20.4 Å². The van der Waals surface area contributed by atoms with Crippen molar-refractivity contribution in [3.8, 4) is 0 Å². The van der Waals surface area contributed by atoms with Gasteiger partial charge in [0.15, 0.2) is 0 Å². The molecular weight excluding hydrogens is 214 g/mol. The highest BCUT2D eigenvalue weighted by atomic mass is 16.1. The number of hydrogen-bond donors (Lipinski definition) is 0. The quantitative estimate of drug-likeness (QED) is 0.751. The van der Waals surface area contributed by atoms with Crippen molar-refractivity contribution < 1.29 is 4.79 Å². The van der Waals surface area contributed by atoms with Crippen molar-refractivity contribution in [2.24, 2.45) is 0 Å². The Balaban J connectivity index is 2.14. The lowest BCUT2D eigenvalue weighted by Gasteiger charge is -2.20. The van der Waals surface area contributed by atoms with E-state index in [9.17, 15) is 4.79 Å². The number of aromatic nitrogens is 2. The van der Waals surface area contributed by atoms with Crippen molar-refractivity contribution >= 4 is 17.8 Å². The van der Waals surface area contributed by atoms with Crippen LogP contribution in [0, 0.1) is 0 Å². The van der Waals surface area contributed by atoms with Gasteiger partial charge in [0.25, 0.3) is 0 Å². The molecule has 0 spiro atoms. The van der Waals surface area contributed by atoms with E-state index in [1.54, 1.807) is 6.20 Å². The molecule has 1 aliphatic heterocycles. The summed E-state index contributed by atoms with van der Waals surface area (Å²) >= 11 is 0. The second-order valence-corrected chi connectivity index (χ2v) is 4.39. The third-order valence-corrected chi connectivity index (χ3v) is 3.30. The highest BCUT2D eigenvalue weighted by Crippen LogP contribution is 2.23. The molecule has 3 heterocycles. The largest absolute Gasteiger partial charge is 0.358 e. The number of pyridine rings is 1. The first kappa shape index (κ1) is 10.3. The van der Waals surface area contributed by atoms with Gasteiger partial charge in [-0.25, -0.2) is 4.98 Å². The van der Waals surface area contributed by atoms with Crippen LogP contribution in [0.3, 0.4) is 0 Å². The summed E-state index contributed by atoms with van der Waals surface area (Å²) in [7, 11) is 0. The number of imidazole rings is 1. The zero-order valence-corrected chi connectivity index (χ0v) is 9.67. The summed E-state index contributed by atoms with van der Waals surface area (Å²) in [4.78, 5) is 17.4. The molecule has 3 rings (SSSR count). The number of nitrogens with zero attached hydrogens (tertiary/aromatic N) is 3. The normalized spacial score (nSPS) is 15.6. The van der Waals surface area contributed by atoms with Crippen molar-refractivity contribution in [2.45, 2.75) is 19.3 Å². The summed E-state index contributed by atoms with van der Waals surface area (Å²) < 4.78 is 2.10. The second kappa shape index (κ2) is 4.20. The summed E-state index contributed by atoms with van der Waals surface area (Å²) in [5.41, 5.74) is 1.89. The van der Waals surface area contributed by atoms with E-state index in [0.717, 1.165) is 36.5 Å². The van der Waals surface area contributed by atoms with E-state index >= 15 is 0 Å². The first-order chi connectivity index (χ1) is 8.40. The highest BCUT2D eigenvalue weighted by Gasteiger charge is 2.16. The molecule has 2 aromatic rings. The molecule has 1 saturated heterocycles. The number of carbonyl (C=O) groups excluding carboxylic acids is 1. The van der Waals surface area contributed by atoms with Crippen molar-refractivity contribution in [1.29, 1.82) is 0 Å². The summed E-state index contributed by atoms with van der Waals surface area (Å²) in [6, 6.07) is 6.11. The topological polar surface area (TPSA) is 37.6 Å². The van der Waals surface area contributed by atoms with Crippen LogP contribution in [-0.4, -0.2) is 28.8 Å². The van der Waals surface area contributed by atoms with Gasteiger partial charge in [-0.1, -0.05) is 6.07 Å². The van der Waals surface area contributed by atoms with Crippen LogP contribution in [0.15, 0.2) is 24.4 Å². The van der Waals surface area contributed by atoms with E-state index < -0.39 is 0 Å². The third kappa shape index (κ3) is 1.69.